The summed E-state index contributed by atoms with van der Waals surface area (Å²) in [6.45, 7) is 1.36. The minimum atomic E-state index is -3.49. The van der Waals surface area contributed by atoms with Crippen molar-refractivity contribution in [1.29, 1.82) is 0 Å². The fourth-order valence-electron chi connectivity index (χ4n) is 2.49. The van der Waals surface area contributed by atoms with Crippen molar-refractivity contribution in [2.75, 3.05) is 32.6 Å². The number of ether oxygens (including phenoxy) is 1. The molecule has 7 nitrogen and oxygen atoms in total. The van der Waals surface area contributed by atoms with Gasteiger partial charge in [0.2, 0.25) is 5.78 Å². The van der Waals surface area contributed by atoms with Gasteiger partial charge in [-0.25, -0.2) is 8.42 Å². The summed E-state index contributed by atoms with van der Waals surface area (Å²) in [6, 6.07) is 8.66. The Bertz CT molecular complexity index is 822. The zero-order valence-corrected chi connectivity index (χ0v) is 13.5. The lowest BCUT2D eigenvalue weighted by atomic mass is 10.2. The summed E-state index contributed by atoms with van der Waals surface area (Å²) in [5.74, 6) is -0.227. The van der Waals surface area contributed by atoms with Crippen LogP contribution in [0.2, 0.25) is 0 Å². The van der Waals surface area contributed by atoms with Crippen LogP contribution in [-0.2, 0) is 19.4 Å². The maximum atomic E-state index is 12.1. The van der Waals surface area contributed by atoms with E-state index in [4.69, 9.17) is 9.57 Å². The Hall–Kier alpha value is -1.90. The van der Waals surface area contributed by atoms with E-state index in [0.29, 0.717) is 25.2 Å². The van der Waals surface area contributed by atoms with E-state index >= 15 is 0 Å². The van der Waals surface area contributed by atoms with Crippen LogP contribution in [0.4, 0.5) is 0 Å². The van der Waals surface area contributed by atoms with Gasteiger partial charge in [-0.2, -0.15) is 4.73 Å². The van der Waals surface area contributed by atoms with Crippen molar-refractivity contribution >= 4 is 26.5 Å². The number of nitrogens with one attached hydrogen (secondary N) is 1. The second kappa shape index (κ2) is 6.31. The second-order valence-corrected chi connectivity index (χ2v) is 7.37. The molecule has 1 N–H and O–H groups in total. The maximum absolute atomic E-state index is 12.1. The fourth-order valence-corrected chi connectivity index (χ4v) is 3.28. The molecule has 1 aromatic heterocycles. The predicted molar refractivity (Wildman–Crippen MR) is 84.1 cm³/mol. The first-order valence-corrected chi connectivity index (χ1v) is 9.15. The third-order valence-corrected chi connectivity index (χ3v) is 4.68. The number of hydrogen-bond donors (Lipinski definition) is 1. The number of morpholine rings is 1. The average molecular weight is 338 g/mol. The van der Waals surface area contributed by atoms with Gasteiger partial charge in [0.1, 0.15) is 6.10 Å². The molecule has 0 saturated carbocycles. The summed E-state index contributed by atoms with van der Waals surface area (Å²) in [7, 11) is -3.49. The minimum absolute atomic E-state index is 0.0224. The summed E-state index contributed by atoms with van der Waals surface area (Å²) >= 11 is 0. The van der Waals surface area contributed by atoms with Crippen molar-refractivity contribution in [1.82, 2.24) is 10.0 Å². The molecular formula is C15H18N2O5S. The van der Waals surface area contributed by atoms with Crippen LogP contribution in [0.5, 0.6) is 0 Å². The van der Waals surface area contributed by atoms with E-state index in [2.05, 4.69) is 5.32 Å². The number of carbonyl (C=O) groups excluding carboxylic acids is 1. The van der Waals surface area contributed by atoms with Gasteiger partial charge in [-0.1, -0.05) is 18.2 Å². The number of hydrogen-bond acceptors (Lipinski definition) is 6. The zero-order valence-electron chi connectivity index (χ0n) is 12.7. The molecule has 0 radical (unpaired) electrons. The molecule has 1 atom stereocenters. The maximum Gasteiger partial charge on any atom is 0.202 e. The first-order chi connectivity index (χ1) is 11.0. The first kappa shape index (κ1) is 16.0. The summed E-state index contributed by atoms with van der Waals surface area (Å²) in [6.07, 6.45) is 0.545. The number of nitrogens with zero attached hydrogens (tertiary/aromatic N) is 1. The Morgan fingerprint density at radius 3 is 2.91 bits per heavy atom. The van der Waals surface area contributed by atoms with Crippen LogP contribution in [0.15, 0.2) is 35.4 Å². The number of fused-ring (bicyclic) bond motifs is 1. The lowest BCUT2D eigenvalue weighted by molar-refractivity contribution is -0.137. The SMILES string of the molecule is CS(=O)(=O)c1cc2ccccc2n1OCC(=O)C1CNCCO1. The normalized spacial score (nSPS) is 18.9. The largest absolute Gasteiger partial charge is 0.405 e. The van der Waals surface area contributed by atoms with Crippen LogP contribution in [0.3, 0.4) is 0 Å². The summed E-state index contributed by atoms with van der Waals surface area (Å²) in [5.41, 5.74) is 0.600. The summed E-state index contributed by atoms with van der Waals surface area (Å²) < 4.78 is 30.5. The van der Waals surface area contributed by atoms with Gasteiger partial charge in [-0.3, -0.25) is 4.79 Å². The highest BCUT2D eigenvalue weighted by atomic mass is 32.2. The lowest BCUT2D eigenvalue weighted by Gasteiger charge is -2.22. The smallest absolute Gasteiger partial charge is 0.202 e. The molecular weight excluding hydrogens is 320 g/mol. The van der Waals surface area contributed by atoms with E-state index in [-0.39, 0.29) is 17.4 Å². The molecule has 23 heavy (non-hydrogen) atoms. The molecule has 1 aliphatic heterocycles. The van der Waals surface area contributed by atoms with Crippen LogP contribution in [0.1, 0.15) is 0 Å². The van der Waals surface area contributed by atoms with Gasteiger partial charge in [-0.15, -0.1) is 0 Å². The standard InChI is InChI=1S/C15H18N2O5S/c1-23(19,20)15-8-11-4-2-3-5-12(11)17(15)22-10-13(18)14-9-16-6-7-21-14/h2-5,8,14,16H,6-7,9-10H2,1H3. The van der Waals surface area contributed by atoms with Gasteiger partial charge in [-0.05, 0) is 12.1 Å². The minimum Gasteiger partial charge on any atom is -0.405 e. The van der Waals surface area contributed by atoms with Crippen LogP contribution in [0.25, 0.3) is 10.9 Å². The molecule has 1 aliphatic rings. The van der Waals surface area contributed by atoms with E-state index < -0.39 is 15.9 Å². The van der Waals surface area contributed by atoms with Crippen molar-refractivity contribution in [3.8, 4) is 0 Å². The monoisotopic (exact) mass is 338 g/mol. The van der Waals surface area contributed by atoms with E-state index in [9.17, 15) is 13.2 Å². The third kappa shape index (κ3) is 3.39. The molecule has 1 aromatic carbocycles. The summed E-state index contributed by atoms with van der Waals surface area (Å²) in [5, 5.41) is 3.82. The number of rotatable bonds is 5. The van der Waals surface area contributed by atoms with E-state index in [1.54, 1.807) is 18.2 Å². The Morgan fingerprint density at radius 1 is 1.43 bits per heavy atom. The Kier molecular flexibility index (Phi) is 4.38. The molecule has 3 rings (SSSR count). The van der Waals surface area contributed by atoms with Gasteiger partial charge < -0.3 is 14.9 Å². The number of benzene rings is 1. The van der Waals surface area contributed by atoms with Crippen LogP contribution >= 0.6 is 0 Å². The van der Waals surface area contributed by atoms with Crippen molar-refractivity contribution in [2.45, 2.75) is 11.1 Å². The highest BCUT2D eigenvalue weighted by Gasteiger charge is 2.24. The lowest BCUT2D eigenvalue weighted by Crippen LogP contribution is -2.45. The molecule has 1 fully saturated rings. The van der Waals surface area contributed by atoms with Crippen LogP contribution in [0, 0.1) is 0 Å². The number of ketones is 1. The number of sulfone groups is 1. The molecule has 124 valence electrons. The first-order valence-electron chi connectivity index (χ1n) is 7.25. The Morgan fingerprint density at radius 2 is 2.22 bits per heavy atom. The molecule has 0 spiro atoms. The molecule has 8 heteroatoms. The fraction of sp³-hybridized carbons (Fsp3) is 0.400. The van der Waals surface area contributed by atoms with Crippen molar-refractivity contribution in [3.05, 3.63) is 30.3 Å². The number of carbonyl (C=O) groups is 1. The van der Waals surface area contributed by atoms with Crippen molar-refractivity contribution < 1.29 is 22.8 Å². The van der Waals surface area contributed by atoms with E-state index in [1.807, 2.05) is 6.07 Å². The number of para-hydroxylation sites is 1. The molecule has 2 aromatic rings. The topological polar surface area (TPSA) is 86.6 Å². The molecule has 1 saturated heterocycles. The van der Waals surface area contributed by atoms with Crippen LogP contribution < -0.4 is 10.2 Å². The van der Waals surface area contributed by atoms with E-state index in [0.717, 1.165) is 11.6 Å². The Balaban J connectivity index is 1.85. The van der Waals surface area contributed by atoms with Gasteiger partial charge >= 0.3 is 0 Å². The van der Waals surface area contributed by atoms with E-state index in [1.165, 1.54) is 10.8 Å². The van der Waals surface area contributed by atoms with Crippen molar-refractivity contribution in [2.24, 2.45) is 0 Å². The highest BCUT2D eigenvalue weighted by molar-refractivity contribution is 7.90. The van der Waals surface area contributed by atoms with Crippen LogP contribution in [-0.4, -0.2) is 57.6 Å². The quantitative estimate of drug-likeness (QED) is 0.828. The number of Topliss-reactive ketones (excluding diaryl/α,β-unsaturated/α-hetero) is 1. The predicted octanol–water partition coefficient (Wildman–Crippen LogP) is 0.0309. The van der Waals surface area contributed by atoms with Gasteiger partial charge in [0, 0.05) is 24.7 Å². The molecule has 0 amide bonds. The van der Waals surface area contributed by atoms with Gasteiger partial charge in [0.25, 0.3) is 0 Å². The molecule has 0 aliphatic carbocycles. The summed E-state index contributed by atoms with van der Waals surface area (Å²) in [4.78, 5) is 17.6. The average Bonchev–Trinajstić information content (AvgIpc) is 2.92. The van der Waals surface area contributed by atoms with Gasteiger partial charge in [0.15, 0.2) is 21.5 Å². The number of aromatic nitrogens is 1. The Labute approximate surface area is 134 Å². The highest BCUT2D eigenvalue weighted by Crippen LogP contribution is 2.22. The van der Waals surface area contributed by atoms with Gasteiger partial charge in [0.05, 0.1) is 12.1 Å². The second-order valence-electron chi connectivity index (χ2n) is 5.41. The molecule has 1 unspecified atom stereocenters. The molecule has 0 bridgehead atoms. The zero-order chi connectivity index (χ0) is 16.4. The third-order valence-electron chi connectivity index (χ3n) is 3.64. The molecule has 2 heterocycles. The van der Waals surface area contributed by atoms with Crippen molar-refractivity contribution in [3.63, 3.8) is 0 Å².